The number of rotatable bonds is 5. The molecule has 0 amide bonds. The van der Waals surface area contributed by atoms with Crippen LogP contribution in [-0.4, -0.2) is 18.8 Å². The van der Waals surface area contributed by atoms with Crippen molar-refractivity contribution in [1.29, 1.82) is 0 Å². The van der Waals surface area contributed by atoms with Crippen LogP contribution in [0.4, 0.5) is 0 Å². The molecule has 0 N–H and O–H groups in total. The number of hydrogen-bond donors (Lipinski definition) is 0. The Bertz CT molecular complexity index is 882. The predicted octanol–water partition coefficient (Wildman–Crippen LogP) is 3.58. The first-order chi connectivity index (χ1) is 11.7. The molecule has 0 bridgehead atoms. The molecule has 0 spiro atoms. The normalized spacial score (nSPS) is 10.4. The molecule has 0 saturated heterocycles. The van der Waals surface area contributed by atoms with Crippen molar-refractivity contribution in [2.45, 2.75) is 6.54 Å². The van der Waals surface area contributed by atoms with Gasteiger partial charge in [0.25, 0.3) is 5.56 Å². The van der Waals surface area contributed by atoms with E-state index in [0.29, 0.717) is 6.54 Å². The van der Waals surface area contributed by atoms with Gasteiger partial charge in [0.1, 0.15) is 11.5 Å². The van der Waals surface area contributed by atoms with Crippen molar-refractivity contribution >= 4 is 0 Å². The molecule has 24 heavy (non-hydrogen) atoms. The molecule has 2 aromatic carbocycles. The maximum atomic E-state index is 12.2. The van der Waals surface area contributed by atoms with E-state index in [1.165, 1.54) is 0 Å². The molecular weight excluding hydrogens is 302 g/mol. The van der Waals surface area contributed by atoms with Crippen LogP contribution in [0, 0.1) is 0 Å². The molecule has 0 radical (unpaired) electrons. The molecule has 4 heteroatoms. The van der Waals surface area contributed by atoms with Gasteiger partial charge in [0.15, 0.2) is 0 Å². The second-order valence-electron chi connectivity index (χ2n) is 5.46. The van der Waals surface area contributed by atoms with Crippen molar-refractivity contribution in [2.24, 2.45) is 0 Å². The lowest BCUT2D eigenvalue weighted by Crippen LogP contribution is -2.19. The van der Waals surface area contributed by atoms with Crippen molar-refractivity contribution in [3.05, 3.63) is 82.8 Å². The smallest absolute Gasteiger partial charge is 0.250 e. The molecule has 4 nitrogen and oxygen atoms in total. The lowest BCUT2D eigenvalue weighted by atomic mass is 10.1. The van der Waals surface area contributed by atoms with Crippen molar-refractivity contribution in [3.63, 3.8) is 0 Å². The van der Waals surface area contributed by atoms with Gasteiger partial charge >= 0.3 is 0 Å². The first kappa shape index (κ1) is 15.9. The van der Waals surface area contributed by atoms with Crippen LogP contribution in [0.1, 0.15) is 5.56 Å². The highest BCUT2D eigenvalue weighted by Gasteiger charge is 2.04. The van der Waals surface area contributed by atoms with Gasteiger partial charge in [-0.2, -0.15) is 0 Å². The molecule has 1 aromatic heterocycles. The lowest BCUT2D eigenvalue weighted by molar-refractivity contribution is 0.414. The number of hydrogen-bond acceptors (Lipinski definition) is 3. The van der Waals surface area contributed by atoms with Crippen LogP contribution >= 0.6 is 0 Å². The fraction of sp³-hybridized carbons (Fsp3) is 0.150. The van der Waals surface area contributed by atoms with Gasteiger partial charge in [0, 0.05) is 12.3 Å². The SMILES string of the molecule is COc1ccc(-c2ccc(=O)n(Cc3cccc(OC)c3)c2)cc1. The number of benzene rings is 2. The second kappa shape index (κ2) is 7.04. The highest BCUT2D eigenvalue weighted by Crippen LogP contribution is 2.21. The molecule has 0 aliphatic rings. The van der Waals surface area contributed by atoms with Crippen LogP contribution in [0.25, 0.3) is 11.1 Å². The van der Waals surface area contributed by atoms with E-state index in [-0.39, 0.29) is 5.56 Å². The van der Waals surface area contributed by atoms with Crippen molar-refractivity contribution < 1.29 is 9.47 Å². The lowest BCUT2D eigenvalue weighted by Gasteiger charge is -2.10. The minimum Gasteiger partial charge on any atom is -0.497 e. The summed E-state index contributed by atoms with van der Waals surface area (Å²) < 4.78 is 12.1. The van der Waals surface area contributed by atoms with Crippen LogP contribution in [-0.2, 0) is 6.54 Å². The Morgan fingerprint density at radius 3 is 2.25 bits per heavy atom. The fourth-order valence-corrected chi connectivity index (χ4v) is 2.58. The highest BCUT2D eigenvalue weighted by atomic mass is 16.5. The van der Waals surface area contributed by atoms with E-state index < -0.39 is 0 Å². The van der Waals surface area contributed by atoms with Crippen molar-refractivity contribution in [3.8, 4) is 22.6 Å². The zero-order valence-corrected chi connectivity index (χ0v) is 13.7. The van der Waals surface area contributed by atoms with E-state index in [4.69, 9.17) is 9.47 Å². The summed E-state index contributed by atoms with van der Waals surface area (Å²) in [5.74, 6) is 1.59. The monoisotopic (exact) mass is 321 g/mol. The largest absolute Gasteiger partial charge is 0.497 e. The van der Waals surface area contributed by atoms with Gasteiger partial charge in [-0.25, -0.2) is 0 Å². The number of ether oxygens (including phenoxy) is 2. The maximum Gasteiger partial charge on any atom is 0.250 e. The molecular formula is C20H19NO3. The Labute approximate surface area is 140 Å². The van der Waals surface area contributed by atoms with Gasteiger partial charge in [-0.15, -0.1) is 0 Å². The summed E-state index contributed by atoms with van der Waals surface area (Å²) >= 11 is 0. The minimum atomic E-state index is -0.0323. The van der Waals surface area contributed by atoms with Gasteiger partial charge in [0.2, 0.25) is 0 Å². The van der Waals surface area contributed by atoms with E-state index in [1.807, 2.05) is 60.8 Å². The van der Waals surface area contributed by atoms with Gasteiger partial charge in [-0.05, 0) is 47.0 Å². The van der Waals surface area contributed by atoms with Crippen LogP contribution in [0.5, 0.6) is 11.5 Å². The average molecular weight is 321 g/mol. The summed E-state index contributed by atoms with van der Waals surface area (Å²) in [7, 11) is 3.28. The molecule has 0 atom stereocenters. The molecule has 3 aromatic rings. The Balaban J connectivity index is 1.92. The summed E-state index contributed by atoms with van der Waals surface area (Å²) in [4.78, 5) is 12.2. The summed E-state index contributed by atoms with van der Waals surface area (Å²) in [5, 5.41) is 0. The Morgan fingerprint density at radius 1 is 0.833 bits per heavy atom. The molecule has 122 valence electrons. The van der Waals surface area contributed by atoms with Crippen molar-refractivity contribution in [2.75, 3.05) is 14.2 Å². The third-order valence-electron chi connectivity index (χ3n) is 3.89. The summed E-state index contributed by atoms with van der Waals surface area (Å²) in [6.07, 6.45) is 1.88. The van der Waals surface area contributed by atoms with E-state index in [1.54, 1.807) is 24.9 Å². The standard InChI is InChI=1S/C20H19NO3/c1-23-18-9-6-16(7-10-18)17-8-11-20(22)21(14-17)13-15-4-3-5-19(12-15)24-2/h3-12,14H,13H2,1-2H3. The van der Waals surface area contributed by atoms with Gasteiger partial charge < -0.3 is 14.0 Å². The summed E-state index contributed by atoms with van der Waals surface area (Å²) in [5.41, 5.74) is 3.01. The Kier molecular flexibility index (Phi) is 4.66. The van der Waals surface area contributed by atoms with E-state index in [0.717, 1.165) is 28.2 Å². The Hall–Kier alpha value is -3.01. The zero-order chi connectivity index (χ0) is 16.9. The average Bonchev–Trinajstić information content (AvgIpc) is 2.64. The van der Waals surface area contributed by atoms with Crippen molar-refractivity contribution in [1.82, 2.24) is 4.57 Å². The van der Waals surface area contributed by atoms with Gasteiger partial charge in [-0.1, -0.05) is 24.3 Å². The molecule has 0 aliphatic carbocycles. The van der Waals surface area contributed by atoms with Crippen LogP contribution < -0.4 is 15.0 Å². The number of pyridine rings is 1. The second-order valence-corrected chi connectivity index (χ2v) is 5.46. The molecule has 1 heterocycles. The third kappa shape index (κ3) is 3.49. The predicted molar refractivity (Wildman–Crippen MR) is 94.8 cm³/mol. The zero-order valence-electron chi connectivity index (χ0n) is 13.7. The maximum absolute atomic E-state index is 12.2. The molecule has 0 fully saturated rings. The summed E-state index contributed by atoms with van der Waals surface area (Å²) in [6, 6.07) is 18.9. The molecule has 0 unspecified atom stereocenters. The molecule has 3 rings (SSSR count). The number of methoxy groups -OCH3 is 2. The molecule has 0 aliphatic heterocycles. The van der Waals surface area contributed by atoms with Gasteiger partial charge in [-0.3, -0.25) is 4.79 Å². The van der Waals surface area contributed by atoms with Gasteiger partial charge in [0.05, 0.1) is 20.8 Å². The summed E-state index contributed by atoms with van der Waals surface area (Å²) in [6.45, 7) is 0.500. The van der Waals surface area contributed by atoms with E-state index in [9.17, 15) is 4.79 Å². The number of aromatic nitrogens is 1. The first-order valence-corrected chi connectivity index (χ1v) is 7.67. The topological polar surface area (TPSA) is 40.5 Å². The fourth-order valence-electron chi connectivity index (χ4n) is 2.58. The molecule has 0 saturated carbocycles. The van der Waals surface area contributed by atoms with Crippen LogP contribution in [0.2, 0.25) is 0 Å². The first-order valence-electron chi connectivity index (χ1n) is 7.67. The van der Waals surface area contributed by atoms with E-state index >= 15 is 0 Å². The van der Waals surface area contributed by atoms with Crippen LogP contribution in [0.15, 0.2) is 71.7 Å². The highest BCUT2D eigenvalue weighted by molar-refractivity contribution is 5.63. The van der Waals surface area contributed by atoms with Crippen LogP contribution in [0.3, 0.4) is 0 Å². The van der Waals surface area contributed by atoms with E-state index in [2.05, 4.69) is 0 Å². The minimum absolute atomic E-state index is 0.0323. The Morgan fingerprint density at radius 2 is 1.54 bits per heavy atom. The third-order valence-corrected chi connectivity index (χ3v) is 3.89. The number of nitrogens with zero attached hydrogens (tertiary/aromatic N) is 1. The quantitative estimate of drug-likeness (QED) is 0.721.